The number of carbonyl (C=O) groups excluding carboxylic acids is 1. The van der Waals surface area contributed by atoms with Gasteiger partial charge in [-0.15, -0.1) is 0 Å². The van der Waals surface area contributed by atoms with Crippen LogP contribution in [0.2, 0.25) is 0 Å². The number of para-hydroxylation sites is 1. The molecule has 1 amide bonds. The highest BCUT2D eigenvalue weighted by molar-refractivity contribution is 5.91. The number of amides is 1. The fourth-order valence-corrected chi connectivity index (χ4v) is 4.41. The molecule has 5 nitrogen and oxygen atoms in total. The van der Waals surface area contributed by atoms with Crippen molar-refractivity contribution < 1.29 is 14.3 Å². The topological polar surface area (TPSA) is 50.8 Å². The summed E-state index contributed by atoms with van der Waals surface area (Å²) in [6.45, 7) is 8.79. The molecule has 4 rings (SSSR count). The summed E-state index contributed by atoms with van der Waals surface area (Å²) < 4.78 is 11.1. The van der Waals surface area contributed by atoms with E-state index < -0.39 is 5.66 Å². The maximum Gasteiger partial charge on any atom is 0.241 e. The zero-order valence-electron chi connectivity index (χ0n) is 17.1. The molecule has 1 saturated heterocycles. The van der Waals surface area contributed by atoms with Gasteiger partial charge in [0.1, 0.15) is 12.3 Å². The number of carbonyl (C=O) groups is 1. The Bertz CT molecular complexity index is 995. The van der Waals surface area contributed by atoms with E-state index in [1.54, 1.807) is 13.2 Å². The van der Waals surface area contributed by atoms with Gasteiger partial charge in [-0.05, 0) is 35.4 Å². The normalized spacial score (nSPS) is 21.6. The van der Waals surface area contributed by atoms with Crippen LogP contribution in [-0.4, -0.2) is 31.8 Å². The second-order valence-corrected chi connectivity index (χ2v) is 7.89. The van der Waals surface area contributed by atoms with E-state index >= 15 is 0 Å². The summed E-state index contributed by atoms with van der Waals surface area (Å²) >= 11 is 0. The third kappa shape index (κ3) is 2.89. The third-order valence-corrected chi connectivity index (χ3v) is 5.94. The van der Waals surface area contributed by atoms with E-state index in [4.69, 9.17) is 9.47 Å². The van der Waals surface area contributed by atoms with Crippen LogP contribution >= 0.6 is 0 Å². The molecule has 2 heterocycles. The Hall–Kier alpha value is -3.21. The fourth-order valence-electron chi connectivity index (χ4n) is 4.41. The minimum absolute atomic E-state index is 0.0305. The highest BCUT2D eigenvalue weighted by atomic mass is 16.5. The highest BCUT2D eigenvalue weighted by Crippen LogP contribution is 2.52. The number of rotatable bonds is 6. The van der Waals surface area contributed by atoms with Crippen LogP contribution in [0.1, 0.15) is 25.0 Å². The Labute approximate surface area is 171 Å². The number of hydrogen-bond acceptors (Lipinski definition) is 4. The lowest BCUT2D eigenvalue weighted by Crippen LogP contribution is -2.58. The smallest absolute Gasteiger partial charge is 0.241 e. The third-order valence-electron chi connectivity index (χ3n) is 5.94. The van der Waals surface area contributed by atoms with Crippen LogP contribution in [0.5, 0.6) is 11.5 Å². The van der Waals surface area contributed by atoms with Gasteiger partial charge in [0.15, 0.2) is 11.5 Å². The van der Waals surface area contributed by atoms with E-state index in [0.717, 1.165) is 11.3 Å². The molecule has 5 heteroatoms. The molecule has 1 unspecified atom stereocenters. The summed E-state index contributed by atoms with van der Waals surface area (Å²) in [5.74, 6) is 1.36. The molecule has 2 aliphatic heterocycles. The summed E-state index contributed by atoms with van der Waals surface area (Å²) in [7, 11) is 1.62. The van der Waals surface area contributed by atoms with Crippen LogP contribution in [0.15, 0.2) is 61.2 Å². The lowest BCUT2D eigenvalue weighted by Gasteiger charge is -2.40. The molecule has 1 N–H and O–H groups in total. The molecule has 0 spiro atoms. The predicted molar refractivity (Wildman–Crippen MR) is 115 cm³/mol. The van der Waals surface area contributed by atoms with Gasteiger partial charge >= 0.3 is 0 Å². The monoisotopic (exact) mass is 390 g/mol. The van der Waals surface area contributed by atoms with Gasteiger partial charge in [-0.2, -0.15) is 0 Å². The first kappa shape index (κ1) is 19.1. The Morgan fingerprint density at radius 2 is 2.00 bits per heavy atom. The molecule has 0 saturated carbocycles. The molecule has 0 aliphatic carbocycles. The van der Waals surface area contributed by atoms with Crippen LogP contribution in [0.3, 0.4) is 0 Å². The molecule has 150 valence electrons. The molecule has 0 bridgehead atoms. The first-order valence-electron chi connectivity index (χ1n) is 9.72. The Morgan fingerprint density at radius 3 is 2.76 bits per heavy atom. The summed E-state index contributed by atoms with van der Waals surface area (Å²) in [6, 6.07) is 14.1. The second kappa shape index (κ2) is 6.99. The van der Waals surface area contributed by atoms with Crippen LogP contribution in [-0.2, 0) is 10.2 Å². The Kier molecular flexibility index (Phi) is 4.61. The zero-order chi connectivity index (χ0) is 20.6. The van der Waals surface area contributed by atoms with Gasteiger partial charge in [0, 0.05) is 11.1 Å². The van der Waals surface area contributed by atoms with Gasteiger partial charge in [0.05, 0.1) is 13.7 Å². The maximum atomic E-state index is 12.4. The SMILES string of the molecule is C=CCOc1ccc(/C=C/C23NC(=O)CN2c2ccccc2C3(C)C)cc1OC. The lowest BCUT2D eigenvalue weighted by molar-refractivity contribution is -0.118. The Morgan fingerprint density at radius 1 is 1.21 bits per heavy atom. The van der Waals surface area contributed by atoms with Crippen molar-refractivity contribution in [3.05, 3.63) is 72.3 Å². The van der Waals surface area contributed by atoms with E-state index in [-0.39, 0.29) is 11.3 Å². The number of nitrogens with zero attached hydrogens (tertiary/aromatic N) is 1. The first-order chi connectivity index (χ1) is 13.9. The van der Waals surface area contributed by atoms with Crippen molar-refractivity contribution >= 4 is 17.7 Å². The average molecular weight is 390 g/mol. The van der Waals surface area contributed by atoms with E-state index in [1.807, 2.05) is 30.3 Å². The van der Waals surface area contributed by atoms with Gasteiger partial charge in [0.2, 0.25) is 5.91 Å². The molecule has 1 atom stereocenters. The van der Waals surface area contributed by atoms with E-state index in [2.05, 4.69) is 54.9 Å². The van der Waals surface area contributed by atoms with E-state index in [0.29, 0.717) is 24.7 Å². The minimum Gasteiger partial charge on any atom is -0.493 e. The van der Waals surface area contributed by atoms with Crippen molar-refractivity contribution in [1.29, 1.82) is 0 Å². The minimum atomic E-state index is -0.612. The molecular weight excluding hydrogens is 364 g/mol. The summed E-state index contributed by atoms with van der Waals surface area (Å²) in [4.78, 5) is 14.6. The average Bonchev–Trinajstić information content (AvgIpc) is 3.16. The van der Waals surface area contributed by atoms with Crippen LogP contribution in [0, 0.1) is 0 Å². The van der Waals surface area contributed by atoms with Crippen LogP contribution in [0.25, 0.3) is 6.08 Å². The van der Waals surface area contributed by atoms with Gasteiger partial charge in [-0.25, -0.2) is 0 Å². The molecular formula is C24H26N2O3. The van der Waals surface area contributed by atoms with E-state index in [9.17, 15) is 4.79 Å². The molecule has 2 aromatic carbocycles. The molecule has 29 heavy (non-hydrogen) atoms. The number of benzene rings is 2. The lowest BCUT2D eigenvalue weighted by atomic mass is 9.75. The summed E-state index contributed by atoms with van der Waals surface area (Å²) in [6.07, 6.45) is 5.83. The Balaban J connectivity index is 1.72. The zero-order valence-corrected chi connectivity index (χ0v) is 17.1. The van der Waals surface area contributed by atoms with Crippen LogP contribution < -0.4 is 19.7 Å². The highest BCUT2D eigenvalue weighted by Gasteiger charge is 2.59. The fraction of sp³-hybridized carbons (Fsp3) is 0.292. The largest absolute Gasteiger partial charge is 0.493 e. The van der Waals surface area contributed by atoms with E-state index in [1.165, 1.54) is 5.56 Å². The summed E-state index contributed by atoms with van der Waals surface area (Å²) in [5.41, 5.74) is 2.40. The summed E-state index contributed by atoms with van der Waals surface area (Å²) in [5, 5.41) is 3.24. The molecule has 2 aromatic rings. The first-order valence-corrected chi connectivity index (χ1v) is 9.72. The van der Waals surface area contributed by atoms with Crippen LogP contribution in [0.4, 0.5) is 5.69 Å². The van der Waals surface area contributed by atoms with Crippen molar-refractivity contribution in [3.8, 4) is 11.5 Å². The van der Waals surface area contributed by atoms with Gasteiger partial charge in [-0.1, -0.05) is 56.8 Å². The molecule has 0 aromatic heterocycles. The maximum absolute atomic E-state index is 12.4. The number of methoxy groups -OCH3 is 1. The standard InChI is InChI=1S/C24H26N2O3/c1-5-14-29-20-11-10-17(15-21(20)28-4)12-13-24-23(2,3)18-8-6-7-9-19(18)26(24)16-22(27)25-24/h5-13,15H,1,14,16H2,2-4H3,(H,25,27)/b13-12+. The number of fused-ring (bicyclic) bond motifs is 3. The van der Waals surface area contributed by atoms with Gasteiger partial charge in [0.25, 0.3) is 0 Å². The van der Waals surface area contributed by atoms with Crippen molar-refractivity contribution in [2.75, 3.05) is 25.2 Å². The molecule has 2 aliphatic rings. The van der Waals surface area contributed by atoms with Gasteiger partial charge in [-0.3, -0.25) is 4.79 Å². The number of hydrogen-bond donors (Lipinski definition) is 1. The van der Waals surface area contributed by atoms with Crippen molar-refractivity contribution in [3.63, 3.8) is 0 Å². The number of anilines is 1. The van der Waals surface area contributed by atoms with Crippen molar-refractivity contribution in [1.82, 2.24) is 5.32 Å². The quantitative estimate of drug-likeness (QED) is 0.760. The van der Waals surface area contributed by atoms with Crippen molar-refractivity contribution in [2.24, 2.45) is 0 Å². The molecule has 1 fully saturated rings. The predicted octanol–water partition coefficient (Wildman–Crippen LogP) is 3.90. The van der Waals surface area contributed by atoms with Gasteiger partial charge < -0.3 is 19.7 Å². The molecule has 0 radical (unpaired) electrons. The number of nitrogens with one attached hydrogen (secondary N) is 1. The van der Waals surface area contributed by atoms with Crippen molar-refractivity contribution in [2.45, 2.75) is 24.9 Å². The number of ether oxygens (including phenoxy) is 2. The second-order valence-electron chi connectivity index (χ2n) is 7.89.